The Morgan fingerprint density at radius 3 is 1.07 bits per heavy atom. The van der Waals surface area contributed by atoms with Crippen LogP contribution in [-0.2, 0) is 6.42 Å². The van der Waals surface area contributed by atoms with Gasteiger partial charge in [-0.25, -0.2) is 19.9 Å². The Bertz CT molecular complexity index is 3380. The molecule has 0 saturated carbocycles. The molecule has 0 aliphatic rings. The van der Waals surface area contributed by atoms with Crippen LogP contribution in [0.3, 0.4) is 0 Å². The molecule has 0 aliphatic heterocycles. The van der Waals surface area contributed by atoms with Crippen molar-refractivity contribution in [2.24, 2.45) is 0 Å². The molecule has 10 rings (SSSR count). The van der Waals surface area contributed by atoms with Crippen molar-refractivity contribution in [3.63, 3.8) is 0 Å². The standard InChI is InChI=1S/C24H28N2S2Si2.C24H26N2S2Si2/c2*1-8-14-9-10-17-18(11-14)26-22-16-13-20(30(5,6)7)28-24(16)23-15(21(22)25-17)12-19(27-23)29(2,3)4/h9-13H,8H2,1-7H3;8-13H,1H2,2-7H3. The predicted molar refractivity (Wildman–Crippen MR) is 287 cm³/mol. The van der Waals surface area contributed by atoms with Crippen LogP contribution >= 0.6 is 45.3 Å². The number of aromatic nitrogens is 4. The lowest BCUT2D eigenvalue weighted by Gasteiger charge is -2.12. The highest BCUT2D eigenvalue weighted by Gasteiger charge is 2.28. The van der Waals surface area contributed by atoms with E-state index in [9.17, 15) is 0 Å². The molecule has 0 fully saturated rings. The van der Waals surface area contributed by atoms with E-state index in [-0.39, 0.29) is 0 Å². The normalized spacial score (nSPS) is 13.2. The molecule has 0 radical (unpaired) electrons. The number of hydrogen-bond donors (Lipinski definition) is 0. The molecule has 0 amide bonds. The lowest BCUT2D eigenvalue weighted by molar-refractivity contribution is 1.14. The Morgan fingerprint density at radius 1 is 0.433 bits per heavy atom. The van der Waals surface area contributed by atoms with Crippen molar-refractivity contribution >= 4 is 186 Å². The molecule has 0 spiro atoms. The van der Waals surface area contributed by atoms with Crippen LogP contribution in [0.5, 0.6) is 0 Å². The SMILES string of the molecule is C=Cc1ccc2nc3c4cc([Si](C)(C)C)sc4c4sc([Si](C)(C)C)cc4c3nc2c1.CCc1ccc2nc3c4cc([Si](C)(C)C)sc4c4sc([Si](C)(C)C)cc4c3nc2c1. The van der Waals surface area contributed by atoms with Gasteiger partial charge in [0.15, 0.2) is 0 Å². The molecule has 306 valence electrons. The van der Waals surface area contributed by atoms with Crippen molar-refractivity contribution in [2.45, 2.75) is 91.9 Å². The van der Waals surface area contributed by atoms with Gasteiger partial charge in [-0.05, 0) is 84.1 Å². The van der Waals surface area contributed by atoms with Gasteiger partial charge in [0.25, 0.3) is 0 Å². The van der Waals surface area contributed by atoms with Crippen molar-refractivity contribution in [3.05, 3.63) is 78.4 Å². The van der Waals surface area contributed by atoms with E-state index >= 15 is 0 Å². The third kappa shape index (κ3) is 7.28. The molecule has 4 aromatic carbocycles. The maximum Gasteiger partial charge on any atom is 0.0988 e. The average molecular weight is 928 g/mol. The molecule has 6 heterocycles. The topological polar surface area (TPSA) is 51.6 Å². The van der Waals surface area contributed by atoms with E-state index in [2.05, 4.69) is 153 Å². The number of thiophene rings is 4. The summed E-state index contributed by atoms with van der Waals surface area (Å²) in [6.45, 7) is 35.3. The summed E-state index contributed by atoms with van der Waals surface area (Å²) in [5.74, 6) is 0. The van der Waals surface area contributed by atoms with Crippen molar-refractivity contribution in [2.75, 3.05) is 0 Å². The van der Waals surface area contributed by atoms with Gasteiger partial charge in [0.1, 0.15) is 0 Å². The summed E-state index contributed by atoms with van der Waals surface area (Å²) in [6, 6.07) is 22.5. The fourth-order valence-electron chi connectivity index (χ4n) is 7.69. The molecule has 6 aromatic heterocycles. The van der Waals surface area contributed by atoms with E-state index < -0.39 is 32.3 Å². The first-order chi connectivity index (χ1) is 28.1. The summed E-state index contributed by atoms with van der Waals surface area (Å²) in [5, 5.41) is 5.17. The van der Waals surface area contributed by atoms with Crippen molar-refractivity contribution in [3.8, 4) is 0 Å². The first kappa shape index (κ1) is 41.9. The minimum atomic E-state index is -1.42. The van der Waals surface area contributed by atoms with Gasteiger partial charge < -0.3 is 0 Å². The Morgan fingerprint density at radius 2 is 0.750 bits per heavy atom. The van der Waals surface area contributed by atoms with Gasteiger partial charge in [0.2, 0.25) is 0 Å². The maximum atomic E-state index is 5.21. The highest BCUT2D eigenvalue weighted by molar-refractivity contribution is 7.39. The summed E-state index contributed by atoms with van der Waals surface area (Å²) in [4.78, 5) is 20.7. The first-order valence-electron chi connectivity index (χ1n) is 21.0. The molecular formula is C48H54N4S4Si4. The van der Waals surface area contributed by atoms with Gasteiger partial charge in [-0.2, -0.15) is 0 Å². The molecule has 0 bridgehead atoms. The first-order valence-corrected chi connectivity index (χ1v) is 38.2. The summed E-state index contributed by atoms with van der Waals surface area (Å²) < 4.78 is 11.8. The molecule has 10 aromatic rings. The molecule has 0 aliphatic carbocycles. The van der Waals surface area contributed by atoms with Gasteiger partial charge in [-0.15, -0.1) is 45.3 Å². The zero-order chi connectivity index (χ0) is 42.8. The minimum absolute atomic E-state index is 0.946. The van der Waals surface area contributed by atoms with Crippen molar-refractivity contribution in [1.82, 2.24) is 19.9 Å². The third-order valence-corrected chi connectivity index (χ3v) is 30.6. The second-order valence-electron chi connectivity index (χ2n) is 20.4. The molecular weight excluding hydrogens is 873 g/mol. The van der Waals surface area contributed by atoms with E-state index in [4.69, 9.17) is 19.9 Å². The van der Waals surface area contributed by atoms with E-state index in [1.54, 1.807) is 9.00 Å². The number of aryl methyl sites for hydroxylation is 1. The van der Waals surface area contributed by atoms with Gasteiger partial charge in [-0.3, -0.25) is 0 Å². The van der Waals surface area contributed by atoms with E-state index in [1.165, 1.54) is 54.9 Å². The second kappa shape index (κ2) is 14.5. The smallest absolute Gasteiger partial charge is 0.0988 e. The highest BCUT2D eigenvalue weighted by atomic mass is 32.1. The lowest BCUT2D eigenvalue weighted by atomic mass is 10.1. The fraction of sp³-hybridized carbons (Fsp3) is 0.292. The summed E-state index contributed by atoms with van der Waals surface area (Å²) in [5.41, 5.74) is 10.6. The van der Waals surface area contributed by atoms with Crippen LogP contribution in [0.25, 0.3) is 90.6 Å². The van der Waals surface area contributed by atoms with Crippen LogP contribution in [-0.4, -0.2) is 52.2 Å². The summed E-state index contributed by atoms with van der Waals surface area (Å²) >= 11 is 7.99. The molecule has 0 saturated heterocycles. The lowest BCUT2D eigenvalue weighted by Crippen LogP contribution is -2.34. The molecule has 4 nitrogen and oxygen atoms in total. The minimum Gasteiger partial charge on any atom is -0.244 e. The zero-order valence-corrected chi connectivity index (χ0v) is 44.5. The third-order valence-electron chi connectivity index (χ3n) is 11.4. The quantitative estimate of drug-likeness (QED) is 0.123. The summed E-state index contributed by atoms with van der Waals surface area (Å²) in [7, 11) is -5.64. The number of hydrogen-bond acceptors (Lipinski definition) is 8. The highest BCUT2D eigenvalue weighted by Crippen LogP contribution is 2.42. The van der Waals surface area contributed by atoms with Crippen LogP contribution in [0, 0.1) is 0 Å². The maximum absolute atomic E-state index is 5.21. The van der Waals surface area contributed by atoms with E-state index in [0.717, 1.165) is 56.1 Å². The molecule has 60 heavy (non-hydrogen) atoms. The Labute approximate surface area is 373 Å². The Kier molecular flexibility index (Phi) is 10.1. The van der Waals surface area contributed by atoms with Crippen LogP contribution < -0.4 is 18.0 Å². The van der Waals surface area contributed by atoms with Crippen LogP contribution in [0.4, 0.5) is 0 Å². The number of nitrogens with zero attached hydrogens (tertiary/aromatic N) is 4. The van der Waals surface area contributed by atoms with Gasteiger partial charge in [0, 0.05) is 21.5 Å². The largest absolute Gasteiger partial charge is 0.244 e. The molecule has 0 atom stereocenters. The van der Waals surface area contributed by atoms with Gasteiger partial charge in [0.05, 0.1) is 95.2 Å². The average Bonchev–Trinajstić information content (AvgIpc) is 3.99. The van der Waals surface area contributed by atoms with Gasteiger partial charge >= 0.3 is 0 Å². The molecule has 0 unspecified atom stereocenters. The number of benzene rings is 4. The summed E-state index contributed by atoms with van der Waals surface area (Å²) in [6.07, 6.45) is 2.89. The number of rotatable bonds is 6. The molecule has 12 heteroatoms. The van der Waals surface area contributed by atoms with Crippen LogP contribution in [0.15, 0.2) is 67.2 Å². The van der Waals surface area contributed by atoms with Crippen LogP contribution in [0.1, 0.15) is 18.1 Å². The fourth-order valence-corrected chi connectivity index (χ4v) is 20.1. The Hall–Kier alpha value is -3.47. The predicted octanol–water partition coefficient (Wildman–Crippen LogP) is 13.8. The van der Waals surface area contributed by atoms with Gasteiger partial charge in [-0.1, -0.05) is 110 Å². The Balaban J connectivity index is 0.000000154. The second-order valence-corrected chi connectivity index (χ2v) is 46.2. The number of fused-ring (bicyclic) bond motifs is 14. The van der Waals surface area contributed by atoms with E-state index in [1.807, 2.05) is 51.4 Å². The molecule has 0 N–H and O–H groups in total. The van der Waals surface area contributed by atoms with E-state index in [0.29, 0.717) is 0 Å². The zero-order valence-electron chi connectivity index (χ0n) is 37.2. The monoisotopic (exact) mass is 926 g/mol. The van der Waals surface area contributed by atoms with Crippen LogP contribution in [0.2, 0.25) is 78.6 Å². The van der Waals surface area contributed by atoms with Crippen molar-refractivity contribution < 1.29 is 0 Å². The van der Waals surface area contributed by atoms with Crippen molar-refractivity contribution in [1.29, 1.82) is 0 Å².